The third-order valence-electron chi connectivity index (χ3n) is 4.29. The van der Waals surface area contributed by atoms with E-state index in [-0.39, 0.29) is 12.6 Å². The molecule has 126 valence electrons. The lowest BCUT2D eigenvalue weighted by Crippen LogP contribution is -2.23. The summed E-state index contributed by atoms with van der Waals surface area (Å²) in [4.78, 5) is 4.69. The average Bonchev–Trinajstić information content (AvgIpc) is 2.91. The molecule has 24 heavy (non-hydrogen) atoms. The minimum Gasteiger partial charge on any atom is -0.396 e. The highest BCUT2D eigenvalue weighted by atomic mass is 35.5. The van der Waals surface area contributed by atoms with E-state index in [1.54, 1.807) is 0 Å². The van der Waals surface area contributed by atoms with Gasteiger partial charge in [-0.1, -0.05) is 41.9 Å². The van der Waals surface area contributed by atoms with E-state index in [0.29, 0.717) is 11.6 Å². The molecule has 1 atom stereocenters. The van der Waals surface area contributed by atoms with Crippen LogP contribution in [0.5, 0.6) is 0 Å². The van der Waals surface area contributed by atoms with E-state index in [1.165, 1.54) is 5.56 Å². The number of halogens is 1. The van der Waals surface area contributed by atoms with Crippen LogP contribution in [0.3, 0.4) is 0 Å². The molecule has 0 amide bonds. The summed E-state index contributed by atoms with van der Waals surface area (Å²) in [5.41, 5.74) is 3.21. The normalized spacial score (nSPS) is 12.6. The topological polar surface area (TPSA) is 50.1 Å². The molecule has 0 aliphatic rings. The second-order valence-electron chi connectivity index (χ2n) is 5.93. The Balaban J connectivity index is 1.78. The predicted octanol–water partition coefficient (Wildman–Crippen LogP) is 3.83. The van der Waals surface area contributed by atoms with Gasteiger partial charge in [-0.05, 0) is 36.6 Å². The lowest BCUT2D eigenvalue weighted by Gasteiger charge is -2.19. The van der Waals surface area contributed by atoms with Gasteiger partial charge in [0.1, 0.15) is 5.82 Å². The van der Waals surface area contributed by atoms with Crippen LogP contribution in [-0.4, -0.2) is 21.3 Å². The zero-order valence-electron chi connectivity index (χ0n) is 13.7. The summed E-state index contributed by atoms with van der Waals surface area (Å²) in [6, 6.07) is 16.3. The third kappa shape index (κ3) is 3.78. The summed E-state index contributed by atoms with van der Waals surface area (Å²) in [5.74, 6) is 0.970. The standard InChI is InChI=1S/C19H22ClN3O/c1-23-18-10-9-15(20)12-17(18)22-19(23)13-21-16(8-5-11-24)14-6-3-2-4-7-14/h2-4,6-7,9-10,12,16,21,24H,5,8,11,13H2,1H3. The molecule has 2 N–H and O–H groups in total. The number of fused-ring (bicyclic) bond motifs is 1. The van der Waals surface area contributed by atoms with Gasteiger partial charge in [-0.15, -0.1) is 0 Å². The van der Waals surface area contributed by atoms with Gasteiger partial charge in [-0.3, -0.25) is 0 Å². The Bertz CT molecular complexity index is 801. The average molecular weight is 344 g/mol. The first-order chi connectivity index (χ1) is 11.7. The summed E-state index contributed by atoms with van der Waals surface area (Å²) in [6.45, 7) is 0.865. The number of rotatable bonds is 7. The van der Waals surface area contributed by atoms with Crippen LogP contribution in [0.25, 0.3) is 11.0 Å². The molecule has 4 nitrogen and oxygen atoms in total. The van der Waals surface area contributed by atoms with Crippen molar-refractivity contribution in [2.24, 2.45) is 7.05 Å². The first-order valence-electron chi connectivity index (χ1n) is 8.19. The van der Waals surface area contributed by atoms with Crippen molar-refractivity contribution in [1.82, 2.24) is 14.9 Å². The van der Waals surface area contributed by atoms with Gasteiger partial charge in [0.2, 0.25) is 0 Å². The van der Waals surface area contributed by atoms with Crippen LogP contribution in [0.15, 0.2) is 48.5 Å². The first-order valence-corrected chi connectivity index (χ1v) is 8.57. The van der Waals surface area contributed by atoms with Crippen molar-refractivity contribution < 1.29 is 5.11 Å². The van der Waals surface area contributed by atoms with E-state index >= 15 is 0 Å². The van der Waals surface area contributed by atoms with E-state index in [0.717, 1.165) is 29.7 Å². The van der Waals surface area contributed by atoms with Crippen molar-refractivity contribution >= 4 is 22.6 Å². The van der Waals surface area contributed by atoms with E-state index in [4.69, 9.17) is 16.7 Å². The van der Waals surface area contributed by atoms with Crippen LogP contribution in [0.1, 0.15) is 30.3 Å². The molecular weight excluding hydrogens is 322 g/mol. The molecule has 3 aromatic rings. The van der Waals surface area contributed by atoms with Gasteiger partial charge >= 0.3 is 0 Å². The Morgan fingerprint density at radius 1 is 1.21 bits per heavy atom. The van der Waals surface area contributed by atoms with E-state index < -0.39 is 0 Å². The highest BCUT2D eigenvalue weighted by Crippen LogP contribution is 2.22. The van der Waals surface area contributed by atoms with Crippen molar-refractivity contribution in [3.8, 4) is 0 Å². The minimum absolute atomic E-state index is 0.196. The Morgan fingerprint density at radius 2 is 2.00 bits per heavy atom. The Hall–Kier alpha value is -1.88. The maximum atomic E-state index is 9.16. The molecule has 0 radical (unpaired) electrons. The highest BCUT2D eigenvalue weighted by Gasteiger charge is 2.13. The molecule has 0 saturated carbocycles. The molecule has 1 aromatic heterocycles. The number of aliphatic hydroxyl groups excluding tert-OH is 1. The molecule has 0 aliphatic heterocycles. The van der Waals surface area contributed by atoms with Crippen LogP contribution >= 0.6 is 11.6 Å². The molecule has 5 heteroatoms. The van der Waals surface area contributed by atoms with E-state index in [1.807, 2.05) is 43.4 Å². The third-order valence-corrected chi connectivity index (χ3v) is 4.53. The summed E-state index contributed by atoms with van der Waals surface area (Å²) in [7, 11) is 2.02. The van der Waals surface area contributed by atoms with Crippen LogP contribution in [-0.2, 0) is 13.6 Å². The molecule has 0 aliphatic carbocycles. The predicted molar refractivity (Wildman–Crippen MR) is 98.1 cm³/mol. The van der Waals surface area contributed by atoms with Crippen molar-refractivity contribution in [1.29, 1.82) is 0 Å². The molecule has 1 unspecified atom stereocenters. The number of hydrogen-bond acceptors (Lipinski definition) is 3. The summed E-state index contributed by atoms with van der Waals surface area (Å²) >= 11 is 6.06. The number of benzene rings is 2. The fourth-order valence-corrected chi connectivity index (χ4v) is 3.13. The zero-order chi connectivity index (χ0) is 16.9. The number of aryl methyl sites for hydroxylation is 1. The quantitative estimate of drug-likeness (QED) is 0.685. The molecule has 0 spiro atoms. The Morgan fingerprint density at radius 3 is 2.75 bits per heavy atom. The molecule has 3 rings (SSSR count). The Labute approximate surface area is 147 Å². The fourth-order valence-electron chi connectivity index (χ4n) is 2.96. The van der Waals surface area contributed by atoms with Crippen LogP contribution in [0.2, 0.25) is 5.02 Å². The number of imidazole rings is 1. The smallest absolute Gasteiger partial charge is 0.123 e. The zero-order valence-corrected chi connectivity index (χ0v) is 14.5. The van der Waals surface area contributed by atoms with Gasteiger partial charge in [-0.2, -0.15) is 0 Å². The summed E-state index contributed by atoms with van der Waals surface area (Å²) in [5, 5.41) is 13.4. The number of hydrogen-bond donors (Lipinski definition) is 2. The van der Waals surface area contributed by atoms with Crippen molar-refractivity contribution in [3.63, 3.8) is 0 Å². The monoisotopic (exact) mass is 343 g/mol. The maximum absolute atomic E-state index is 9.16. The molecule has 0 bridgehead atoms. The molecule has 0 fully saturated rings. The minimum atomic E-state index is 0.196. The maximum Gasteiger partial charge on any atom is 0.123 e. The van der Waals surface area contributed by atoms with Crippen molar-refractivity contribution in [3.05, 3.63) is 64.9 Å². The summed E-state index contributed by atoms with van der Waals surface area (Å²) in [6.07, 6.45) is 1.65. The number of aromatic nitrogens is 2. The lowest BCUT2D eigenvalue weighted by atomic mass is 10.0. The first kappa shape index (κ1) is 17.0. The molecular formula is C19H22ClN3O. The van der Waals surface area contributed by atoms with Gasteiger partial charge in [0, 0.05) is 24.7 Å². The number of nitrogens with one attached hydrogen (secondary N) is 1. The van der Waals surface area contributed by atoms with Crippen molar-refractivity contribution in [2.45, 2.75) is 25.4 Å². The van der Waals surface area contributed by atoms with Gasteiger partial charge in [0.25, 0.3) is 0 Å². The van der Waals surface area contributed by atoms with Crippen LogP contribution in [0, 0.1) is 0 Å². The lowest BCUT2D eigenvalue weighted by molar-refractivity contribution is 0.274. The highest BCUT2D eigenvalue weighted by molar-refractivity contribution is 6.31. The van der Waals surface area contributed by atoms with E-state index in [9.17, 15) is 0 Å². The fraction of sp³-hybridized carbons (Fsp3) is 0.316. The Kier molecular flexibility index (Phi) is 5.51. The molecule has 2 aromatic carbocycles. The molecule has 1 heterocycles. The van der Waals surface area contributed by atoms with Gasteiger partial charge in [0.15, 0.2) is 0 Å². The van der Waals surface area contributed by atoms with Gasteiger partial charge in [-0.25, -0.2) is 4.98 Å². The number of aliphatic hydroxyl groups is 1. The molecule has 0 saturated heterocycles. The van der Waals surface area contributed by atoms with Gasteiger partial charge in [0.05, 0.1) is 17.6 Å². The van der Waals surface area contributed by atoms with E-state index in [2.05, 4.69) is 27.0 Å². The van der Waals surface area contributed by atoms with Crippen LogP contribution in [0.4, 0.5) is 0 Å². The SMILES string of the molecule is Cn1c(CNC(CCCO)c2ccccc2)nc2cc(Cl)ccc21. The number of nitrogens with zero attached hydrogens (tertiary/aromatic N) is 2. The second kappa shape index (κ2) is 7.79. The summed E-state index contributed by atoms with van der Waals surface area (Å²) < 4.78 is 2.09. The van der Waals surface area contributed by atoms with Gasteiger partial charge < -0.3 is 15.0 Å². The second-order valence-corrected chi connectivity index (χ2v) is 6.37. The van der Waals surface area contributed by atoms with Crippen molar-refractivity contribution in [2.75, 3.05) is 6.61 Å². The van der Waals surface area contributed by atoms with Crippen LogP contribution < -0.4 is 5.32 Å². The largest absolute Gasteiger partial charge is 0.396 e.